The van der Waals surface area contributed by atoms with E-state index < -0.39 is 0 Å². The van der Waals surface area contributed by atoms with Crippen molar-refractivity contribution in [3.63, 3.8) is 0 Å². The maximum atomic E-state index is 5.16. The summed E-state index contributed by atoms with van der Waals surface area (Å²) in [5.41, 5.74) is 1.20. The Labute approximate surface area is 98.6 Å². The van der Waals surface area contributed by atoms with Gasteiger partial charge in [0.05, 0.1) is 11.6 Å². The van der Waals surface area contributed by atoms with Crippen LogP contribution in [0, 0.1) is 0 Å². The van der Waals surface area contributed by atoms with Crippen LogP contribution in [0.5, 0.6) is 5.75 Å². The van der Waals surface area contributed by atoms with Crippen molar-refractivity contribution < 1.29 is 4.74 Å². The largest absolute Gasteiger partial charge is 0.496 e. The van der Waals surface area contributed by atoms with E-state index in [1.165, 1.54) is 5.56 Å². The Kier molecular flexibility index (Phi) is 4.78. The quantitative estimate of drug-likeness (QED) is 0.825. The van der Waals surface area contributed by atoms with Crippen LogP contribution in [0.25, 0.3) is 0 Å². The summed E-state index contributed by atoms with van der Waals surface area (Å²) < 4.78 is 6.13. The Bertz CT molecular complexity index is 302. The molecule has 0 aromatic heterocycles. The van der Waals surface area contributed by atoms with E-state index in [0.717, 1.165) is 16.0 Å². The molecule has 4 heteroatoms. The Morgan fingerprint density at radius 2 is 2.29 bits per heavy atom. The molecule has 0 fully saturated rings. The predicted octanol–water partition coefficient (Wildman–Crippen LogP) is 2.65. The zero-order valence-electron chi connectivity index (χ0n) is 8.25. The predicted molar refractivity (Wildman–Crippen MR) is 66.3 cm³/mol. The summed E-state index contributed by atoms with van der Waals surface area (Å²) in [6.45, 7) is 0. The van der Waals surface area contributed by atoms with E-state index in [-0.39, 0.29) is 6.04 Å². The second kappa shape index (κ2) is 5.63. The summed E-state index contributed by atoms with van der Waals surface area (Å²) >= 11 is 7.74. The molecule has 2 nitrogen and oxygen atoms in total. The van der Waals surface area contributed by atoms with Crippen molar-refractivity contribution in [3.05, 3.63) is 28.2 Å². The monoisotopic (exact) mass is 275 g/mol. The van der Waals surface area contributed by atoms with Crippen LogP contribution in [0.1, 0.15) is 11.6 Å². The van der Waals surface area contributed by atoms with E-state index in [4.69, 9.17) is 4.74 Å². The zero-order chi connectivity index (χ0) is 10.6. The van der Waals surface area contributed by atoms with Crippen LogP contribution in [0.15, 0.2) is 22.7 Å². The number of hydrogen-bond acceptors (Lipinski definition) is 3. The summed E-state index contributed by atoms with van der Waals surface area (Å²) in [6, 6.07) is 6.32. The smallest absolute Gasteiger partial charge is 0.133 e. The number of methoxy groups -OCH3 is 1. The van der Waals surface area contributed by atoms with E-state index in [1.807, 2.05) is 19.2 Å². The van der Waals surface area contributed by atoms with Gasteiger partial charge in [0.25, 0.3) is 0 Å². The molecular weight excluding hydrogens is 262 g/mol. The maximum Gasteiger partial charge on any atom is 0.133 e. The number of thiol groups is 1. The second-order valence-electron chi connectivity index (χ2n) is 2.92. The molecule has 14 heavy (non-hydrogen) atoms. The lowest BCUT2D eigenvalue weighted by Crippen LogP contribution is -2.17. The Morgan fingerprint density at radius 3 is 2.71 bits per heavy atom. The van der Waals surface area contributed by atoms with E-state index in [2.05, 4.69) is 39.9 Å². The van der Waals surface area contributed by atoms with Crippen molar-refractivity contribution in [1.29, 1.82) is 0 Å². The molecule has 1 atom stereocenters. The van der Waals surface area contributed by atoms with Crippen molar-refractivity contribution in [1.82, 2.24) is 5.32 Å². The van der Waals surface area contributed by atoms with Gasteiger partial charge >= 0.3 is 0 Å². The fourth-order valence-electron chi connectivity index (χ4n) is 1.26. The van der Waals surface area contributed by atoms with E-state index in [0.29, 0.717) is 0 Å². The SMILES string of the molecule is CNC(CS)c1ccc(OC)c(Br)c1. The first-order valence-corrected chi connectivity index (χ1v) is 5.77. The van der Waals surface area contributed by atoms with Crippen molar-refractivity contribution in [2.24, 2.45) is 0 Å². The number of nitrogens with one attached hydrogen (secondary N) is 1. The molecule has 1 N–H and O–H groups in total. The summed E-state index contributed by atoms with van der Waals surface area (Å²) in [5, 5.41) is 3.19. The second-order valence-corrected chi connectivity index (χ2v) is 4.14. The van der Waals surface area contributed by atoms with Gasteiger partial charge in [-0.3, -0.25) is 0 Å². The first-order valence-electron chi connectivity index (χ1n) is 4.34. The molecule has 0 aliphatic rings. The van der Waals surface area contributed by atoms with E-state index in [9.17, 15) is 0 Å². The van der Waals surface area contributed by atoms with E-state index >= 15 is 0 Å². The summed E-state index contributed by atoms with van der Waals surface area (Å²) in [5.74, 6) is 1.62. The highest BCUT2D eigenvalue weighted by molar-refractivity contribution is 9.10. The Morgan fingerprint density at radius 1 is 1.57 bits per heavy atom. The molecule has 1 aromatic rings. The molecule has 0 radical (unpaired) electrons. The number of rotatable bonds is 4. The lowest BCUT2D eigenvalue weighted by atomic mass is 10.1. The van der Waals surface area contributed by atoms with Gasteiger partial charge < -0.3 is 10.1 Å². The number of hydrogen-bond donors (Lipinski definition) is 2. The van der Waals surface area contributed by atoms with Crippen molar-refractivity contribution in [2.75, 3.05) is 19.9 Å². The van der Waals surface area contributed by atoms with E-state index in [1.54, 1.807) is 7.11 Å². The van der Waals surface area contributed by atoms with Crippen LogP contribution in [-0.4, -0.2) is 19.9 Å². The number of benzene rings is 1. The van der Waals surface area contributed by atoms with Gasteiger partial charge in [0.2, 0.25) is 0 Å². The van der Waals surface area contributed by atoms with Gasteiger partial charge in [-0.2, -0.15) is 12.6 Å². The molecule has 1 unspecified atom stereocenters. The van der Waals surface area contributed by atoms with Gasteiger partial charge in [-0.25, -0.2) is 0 Å². The third kappa shape index (κ3) is 2.65. The summed E-state index contributed by atoms with van der Waals surface area (Å²) in [6.07, 6.45) is 0. The van der Waals surface area contributed by atoms with Gasteiger partial charge in [0.1, 0.15) is 5.75 Å². The summed E-state index contributed by atoms with van der Waals surface area (Å²) in [7, 11) is 3.59. The van der Waals surface area contributed by atoms with Crippen LogP contribution in [0.2, 0.25) is 0 Å². The Hall–Kier alpha value is -0.190. The molecule has 0 bridgehead atoms. The van der Waals surface area contributed by atoms with Crippen molar-refractivity contribution in [2.45, 2.75) is 6.04 Å². The van der Waals surface area contributed by atoms with Crippen LogP contribution in [-0.2, 0) is 0 Å². The first kappa shape index (κ1) is 11.9. The van der Waals surface area contributed by atoms with Crippen LogP contribution in [0.3, 0.4) is 0 Å². The third-order valence-electron chi connectivity index (χ3n) is 2.11. The fourth-order valence-corrected chi connectivity index (χ4v) is 2.21. The average Bonchev–Trinajstić information content (AvgIpc) is 2.20. The van der Waals surface area contributed by atoms with Gasteiger partial charge in [-0.1, -0.05) is 6.07 Å². The Balaban J connectivity index is 2.95. The molecule has 0 heterocycles. The van der Waals surface area contributed by atoms with Gasteiger partial charge in [-0.15, -0.1) is 0 Å². The maximum absolute atomic E-state index is 5.16. The highest BCUT2D eigenvalue weighted by atomic mass is 79.9. The number of ether oxygens (including phenoxy) is 1. The third-order valence-corrected chi connectivity index (χ3v) is 3.09. The van der Waals surface area contributed by atoms with Crippen molar-refractivity contribution in [3.8, 4) is 5.75 Å². The molecule has 0 amide bonds. The molecule has 0 aliphatic heterocycles. The van der Waals surface area contributed by atoms with Gasteiger partial charge in [-0.05, 0) is 40.7 Å². The first-order chi connectivity index (χ1) is 6.72. The minimum Gasteiger partial charge on any atom is -0.496 e. The molecule has 0 saturated heterocycles. The van der Waals surface area contributed by atoms with Crippen LogP contribution < -0.4 is 10.1 Å². The molecule has 0 spiro atoms. The molecule has 1 rings (SSSR count). The normalized spacial score (nSPS) is 12.6. The minimum absolute atomic E-state index is 0.278. The highest BCUT2D eigenvalue weighted by Gasteiger charge is 2.08. The summed E-state index contributed by atoms with van der Waals surface area (Å²) in [4.78, 5) is 0. The fraction of sp³-hybridized carbons (Fsp3) is 0.400. The molecule has 78 valence electrons. The molecular formula is C10H14BrNOS. The average molecular weight is 276 g/mol. The lowest BCUT2D eigenvalue weighted by molar-refractivity contribution is 0.412. The molecule has 0 aliphatic carbocycles. The minimum atomic E-state index is 0.278. The zero-order valence-corrected chi connectivity index (χ0v) is 10.7. The topological polar surface area (TPSA) is 21.3 Å². The van der Waals surface area contributed by atoms with Gasteiger partial charge in [0.15, 0.2) is 0 Å². The van der Waals surface area contributed by atoms with Crippen LogP contribution in [0.4, 0.5) is 0 Å². The van der Waals surface area contributed by atoms with Crippen LogP contribution >= 0.6 is 28.6 Å². The lowest BCUT2D eigenvalue weighted by Gasteiger charge is -2.15. The standard InChI is InChI=1S/C10H14BrNOS/c1-12-9(6-14)7-3-4-10(13-2)8(11)5-7/h3-5,9,12,14H,6H2,1-2H3. The van der Waals surface area contributed by atoms with Crippen molar-refractivity contribution >= 4 is 28.6 Å². The molecule has 0 saturated carbocycles. The van der Waals surface area contributed by atoms with Gasteiger partial charge in [0, 0.05) is 11.8 Å². The molecule has 1 aromatic carbocycles. The number of halogens is 1. The highest BCUT2D eigenvalue weighted by Crippen LogP contribution is 2.28.